The van der Waals surface area contributed by atoms with Crippen LogP contribution >= 0.6 is 50.4 Å². The van der Waals surface area contributed by atoms with Crippen LogP contribution in [-0.4, -0.2) is 31.4 Å². The molecule has 0 atom stereocenters. The standard InChI is InChI=1S/C19H16BrN5OS3/c1-11-7-13(8-27-11)17-23-24-19(25(17)2)29-10-16(26)22-18-21-15(9-28-18)12-3-5-14(20)6-4-12/h3-9H,10H2,1-2H3,(H,21,22,26). The fraction of sp³-hybridized carbons (Fsp3) is 0.158. The number of aromatic nitrogens is 4. The lowest BCUT2D eigenvalue weighted by Gasteiger charge is -2.03. The summed E-state index contributed by atoms with van der Waals surface area (Å²) >= 11 is 7.87. The Balaban J connectivity index is 1.36. The van der Waals surface area contributed by atoms with Crippen molar-refractivity contribution in [1.82, 2.24) is 19.7 Å². The molecule has 3 heterocycles. The first-order valence-electron chi connectivity index (χ1n) is 8.58. The molecule has 6 nitrogen and oxygen atoms in total. The molecule has 0 radical (unpaired) electrons. The highest BCUT2D eigenvalue weighted by atomic mass is 79.9. The molecule has 1 amide bonds. The van der Waals surface area contributed by atoms with E-state index in [9.17, 15) is 4.79 Å². The van der Waals surface area contributed by atoms with Gasteiger partial charge in [-0.2, -0.15) is 0 Å². The number of carbonyl (C=O) groups is 1. The van der Waals surface area contributed by atoms with E-state index in [2.05, 4.69) is 54.8 Å². The minimum Gasteiger partial charge on any atom is -0.305 e. The van der Waals surface area contributed by atoms with E-state index in [0.29, 0.717) is 10.3 Å². The van der Waals surface area contributed by atoms with E-state index in [1.807, 2.05) is 41.3 Å². The van der Waals surface area contributed by atoms with Crippen LogP contribution < -0.4 is 5.32 Å². The molecule has 0 aliphatic heterocycles. The summed E-state index contributed by atoms with van der Waals surface area (Å²) < 4.78 is 2.93. The summed E-state index contributed by atoms with van der Waals surface area (Å²) in [6.45, 7) is 2.06. The van der Waals surface area contributed by atoms with E-state index in [1.165, 1.54) is 28.0 Å². The van der Waals surface area contributed by atoms with Crippen molar-refractivity contribution in [2.75, 3.05) is 11.1 Å². The van der Waals surface area contributed by atoms with Crippen LogP contribution in [0.5, 0.6) is 0 Å². The van der Waals surface area contributed by atoms with Gasteiger partial charge in [-0.25, -0.2) is 4.98 Å². The second-order valence-corrected chi connectivity index (χ2v) is 10.0. The molecule has 0 saturated carbocycles. The summed E-state index contributed by atoms with van der Waals surface area (Å²) in [4.78, 5) is 18.1. The van der Waals surface area contributed by atoms with Crippen molar-refractivity contribution in [2.24, 2.45) is 7.05 Å². The van der Waals surface area contributed by atoms with Crippen molar-refractivity contribution in [2.45, 2.75) is 12.1 Å². The fourth-order valence-corrected chi connectivity index (χ4v) is 5.02. The molecule has 4 aromatic rings. The third-order valence-corrected chi connectivity index (χ3v) is 7.21. The van der Waals surface area contributed by atoms with Gasteiger partial charge in [0, 0.05) is 38.3 Å². The Labute approximate surface area is 188 Å². The average Bonchev–Trinajstić information content (AvgIpc) is 3.41. The molecular weight excluding hydrogens is 490 g/mol. The Morgan fingerprint density at radius 1 is 1.17 bits per heavy atom. The number of nitrogens with one attached hydrogen (secondary N) is 1. The number of nitrogens with zero attached hydrogens (tertiary/aromatic N) is 4. The van der Waals surface area contributed by atoms with Crippen molar-refractivity contribution in [3.05, 3.63) is 50.4 Å². The molecule has 0 fully saturated rings. The van der Waals surface area contributed by atoms with Gasteiger partial charge < -0.3 is 9.88 Å². The maximum Gasteiger partial charge on any atom is 0.236 e. The Morgan fingerprint density at radius 3 is 2.69 bits per heavy atom. The number of thiophene rings is 1. The molecule has 1 aromatic carbocycles. The lowest BCUT2D eigenvalue weighted by atomic mass is 10.2. The van der Waals surface area contributed by atoms with E-state index in [1.54, 1.807) is 11.3 Å². The topological polar surface area (TPSA) is 72.7 Å². The van der Waals surface area contributed by atoms with Crippen LogP contribution in [0.25, 0.3) is 22.6 Å². The number of thioether (sulfide) groups is 1. The summed E-state index contributed by atoms with van der Waals surface area (Å²) in [5, 5.41) is 16.6. The molecule has 0 spiro atoms. The number of halogens is 1. The smallest absolute Gasteiger partial charge is 0.236 e. The van der Waals surface area contributed by atoms with Crippen LogP contribution in [0.4, 0.5) is 5.13 Å². The highest BCUT2D eigenvalue weighted by Gasteiger charge is 2.14. The maximum atomic E-state index is 12.3. The number of hydrogen-bond donors (Lipinski definition) is 1. The Kier molecular flexibility index (Phi) is 6.14. The van der Waals surface area contributed by atoms with Gasteiger partial charge >= 0.3 is 0 Å². The highest BCUT2D eigenvalue weighted by Crippen LogP contribution is 2.28. The summed E-state index contributed by atoms with van der Waals surface area (Å²) in [6, 6.07) is 10.00. The molecule has 3 aromatic heterocycles. The van der Waals surface area contributed by atoms with Crippen LogP contribution in [0.3, 0.4) is 0 Å². The Morgan fingerprint density at radius 2 is 1.97 bits per heavy atom. The molecule has 0 bridgehead atoms. The second-order valence-electron chi connectivity index (χ2n) is 6.19. The molecule has 0 aliphatic carbocycles. The minimum atomic E-state index is -0.123. The number of rotatable bonds is 6. The largest absolute Gasteiger partial charge is 0.305 e. The van der Waals surface area contributed by atoms with Crippen molar-refractivity contribution in [1.29, 1.82) is 0 Å². The zero-order valence-electron chi connectivity index (χ0n) is 15.5. The zero-order chi connectivity index (χ0) is 20.4. The molecule has 0 unspecified atom stereocenters. The fourth-order valence-electron chi connectivity index (χ4n) is 2.62. The summed E-state index contributed by atoms with van der Waals surface area (Å²) in [5.74, 6) is 0.918. The summed E-state index contributed by atoms with van der Waals surface area (Å²) in [7, 11) is 1.91. The average molecular weight is 506 g/mol. The molecule has 10 heteroatoms. The molecule has 148 valence electrons. The highest BCUT2D eigenvalue weighted by molar-refractivity contribution is 9.10. The van der Waals surface area contributed by atoms with E-state index in [4.69, 9.17) is 0 Å². The van der Waals surface area contributed by atoms with Crippen LogP contribution in [0.2, 0.25) is 0 Å². The number of aryl methyl sites for hydroxylation is 1. The monoisotopic (exact) mass is 505 g/mol. The predicted molar refractivity (Wildman–Crippen MR) is 124 cm³/mol. The first-order chi connectivity index (χ1) is 14.0. The van der Waals surface area contributed by atoms with Crippen LogP contribution in [0, 0.1) is 6.92 Å². The number of amides is 1. The van der Waals surface area contributed by atoms with Gasteiger partial charge in [-0.15, -0.1) is 32.9 Å². The number of carbonyl (C=O) groups excluding carboxylic acids is 1. The number of thiazole rings is 1. The third-order valence-electron chi connectivity index (χ3n) is 4.05. The van der Waals surface area contributed by atoms with Crippen molar-refractivity contribution >= 4 is 61.4 Å². The molecule has 0 saturated heterocycles. The van der Waals surface area contributed by atoms with Crippen molar-refractivity contribution in [3.8, 4) is 22.6 Å². The number of benzene rings is 1. The molecule has 29 heavy (non-hydrogen) atoms. The quantitative estimate of drug-likeness (QED) is 0.351. The van der Waals surface area contributed by atoms with Gasteiger partial charge in [0.2, 0.25) is 5.91 Å². The Bertz CT molecular complexity index is 1150. The minimum absolute atomic E-state index is 0.123. The zero-order valence-corrected chi connectivity index (χ0v) is 19.6. The van der Waals surface area contributed by atoms with Crippen molar-refractivity contribution < 1.29 is 4.79 Å². The molecule has 1 N–H and O–H groups in total. The molecular formula is C19H16BrN5OS3. The van der Waals surface area contributed by atoms with Gasteiger partial charge in [0.25, 0.3) is 0 Å². The van der Waals surface area contributed by atoms with Crippen LogP contribution in [0.15, 0.2) is 50.7 Å². The second kappa shape index (κ2) is 8.78. The lowest BCUT2D eigenvalue weighted by molar-refractivity contribution is -0.113. The first kappa shape index (κ1) is 20.3. The first-order valence-corrected chi connectivity index (χ1v) is 12.1. The van der Waals surface area contributed by atoms with Crippen LogP contribution in [0.1, 0.15) is 4.88 Å². The van der Waals surface area contributed by atoms with E-state index >= 15 is 0 Å². The van der Waals surface area contributed by atoms with E-state index in [-0.39, 0.29) is 11.7 Å². The molecule has 0 aliphatic rings. The number of hydrogen-bond acceptors (Lipinski definition) is 7. The normalized spacial score (nSPS) is 11.0. The van der Waals surface area contributed by atoms with Gasteiger partial charge in [0.05, 0.1) is 11.4 Å². The SMILES string of the molecule is Cc1cc(-c2nnc(SCC(=O)Nc3nc(-c4ccc(Br)cc4)cs3)n2C)cs1. The van der Waals surface area contributed by atoms with Gasteiger partial charge in [-0.3, -0.25) is 4.79 Å². The predicted octanol–water partition coefficient (Wildman–Crippen LogP) is 5.47. The lowest BCUT2D eigenvalue weighted by Crippen LogP contribution is -2.14. The van der Waals surface area contributed by atoms with Crippen molar-refractivity contribution in [3.63, 3.8) is 0 Å². The maximum absolute atomic E-state index is 12.3. The van der Waals surface area contributed by atoms with Gasteiger partial charge in [-0.1, -0.05) is 39.8 Å². The van der Waals surface area contributed by atoms with E-state index < -0.39 is 0 Å². The Hall–Kier alpha value is -2.01. The van der Waals surface area contributed by atoms with E-state index in [0.717, 1.165) is 27.1 Å². The summed E-state index contributed by atoms with van der Waals surface area (Å²) in [6.07, 6.45) is 0. The molecule has 4 rings (SSSR count). The van der Waals surface area contributed by atoms with Gasteiger partial charge in [0.1, 0.15) is 0 Å². The van der Waals surface area contributed by atoms with Crippen LogP contribution in [-0.2, 0) is 11.8 Å². The summed E-state index contributed by atoms with van der Waals surface area (Å²) in [5.41, 5.74) is 2.89. The third kappa shape index (κ3) is 4.77. The number of anilines is 1. The van der Waals surface area contributed by atoms with Gasteiger partial charge in [-0.05, 0) is 25.1 Å². The van der Waals surface area contributed by atoms with Gasteiger partial charge in [0.15, 0.2) is 16.1 Å².